The summed E-state index contributed by atoms with van der Waals surface area (Å²) in [7, 11) is 1.25. The van der Waals surface area contributed by atoms with E-state index in [4.69, 9.17) is 4.74 Å². The van der Waals surface area contributed by atoms with Crippen LogP contribution < -0.4 is 5.32 Å². The Labute approximate surface area is 142 Å². The monoisotopic (exact) mass is 386 g/mol. The molecule has 0 unspecified atom stereocenters. The quantitative estimate of drug-likeness (QED) is 0.716. The minimum atomic E-state index is -0.774. The summed E-state index contributed by atoms with van der Waals surface area (Å²) in [6.07, 6.45) is 3.54. The number of rotatable bonds is 7. The van der Waals surface area contributed by atoms with Crippen molar-refractivity contribution in [2.24, 2.45) is 5.92 Å². The van der Waals surface area contributed by atoms with Crippen LogP contribution in [0.1, 0.15) is 30.6 Å². The van der Waals surface area contributed by atoms with Crippen molar-refractivity contribution in [1.82, 2.24) is 10.3 Å². The number of halogens is 1. The molecule has 23 heavy (non-hydrogen) atoms. The molecule has 0 spiro atoms. The number of pyridine rings is 1. The third-order valence-electron chi connectivity index (χ3n) is 3.26. The molecular formula is C15H19BrN2O5. The van der Waals surface area contributed by atoms with Gasteiger partial charge in [-0.2, -0.15) is 0 Å². The smallest absolute Gasteiger partial charge is 0.340 e. The lowest BCUT2D eigenvalue weighted by Crippen LogP contribution is -2.47. The highest BCUT2D eigenvalue weighted by molar-refractivity contribution is 9.10. The zero-order valence-electron chi connectivity index (χ0n) is 13.2. The number of carbonyl (C=O) groups is 3. The maximum absolute atomic E-state index is 11.9. The van der Waals surface area contributed by atoms with Gasteiger partial charge in [0, 0.05) is 16.9 Å². The molecule has 1 amide bonds. The first kappa shape index (κ1) is 19.1. The molecule has 0 fully saturated rings. The Hall–Kier alpha value is -1.96. The molecule has 7 nitrogen and oxygen atoms in total. The molecule has 1 heterocycles. The van der Waals surface area contributed by atoms with Gasteiger partial charge in [-0.15, -0.1) is 0 Å². The number of methoxy groups -OCH3 is 1. The first-order chi connectivity index (χ1) is 10.9. The van der Waals surface area contributed by atoms with Crippen LogP contribution in [0.5, 0.6) is 0 Å². The van der Waals surface area contributed by atoms with Gasteiger partial charge in [-0.25, -0.2) is 9.59 Å². The average molecular weight is 387 g/mol. The highest BCUT2D eigenvalue weighted by Gasteiger charge is 2.27. The molecule has 0 saturated heterocycles. The molecular weight excluding hydrogens is 368 g/mol. The van der Waals surface area contributed by atoms with E-state index in [1.54, 1.807) is 0 Å². The molecule has 0 aliphatic carbocycles. The van der Waals surface area contributed by atoms with Crippen molar-refractivity contribution >= 4 is 33.8 Å². The summed E-state index contributed by atoms with van der Waals surface area (Å²) < 4.78 is 10.2. The van der Waals surface area contributed by atoms with Gasteiger partial charge in [-0.3, -0.25) is 9.78 Å². The fourth-order valence-electron chi connectivity index (χ4n) is 1.75. The molecule has 1 rings (SSSR count). The summed E-state index contributed by atoms with van der Waals surface area (Å²) in [6.45, 7) is 3.23. The summed E-state index contributed by atoms with van der Waals surface area (Å²) in [6, 6.07) is 0.757. The van der Waals surface area contributed by atoms with Gasteiger partial charge in [0.15, 0.2) is 6.61 Å². The third-order valence-corrected chi connectivity index (χ3v) is 3.69. The third kappa shape index (κ3) is 5.97. The lowest BCUT2D eigenvalue weighted by molar-refractivity contribution is -0.147. The van der Waals surface area contributed by atoms with Gasteiger partial charge in [-0.05, 0) is 27.9 Å². The number of hydrogen-bond donors (Lipinski definition) is 1. The zero-order valence-corrected chi connectivity index (χ0v) is 14.8. The highest BCUT2D eigenvalue weighted by Crippen LogP contribution is 2.11. The zero-order chi connectivity index (χ0) is 17.4. The van der Waals surface area contributed by atoms with E-state index in [1.807, 2.05) is 13.8 Å². The van der Waals surface area contributed by atoms with E-state index in [0.717, 1.165) is 0 Å². The SMILES string of the molecule is CC[C@@H](C)[C@H](NC(=O)COC(=O)c1cncc(Br)c1)C(=O)OC. The first-order valence-electron chi connectivity index (χ1n) is 7.03. The van der Waals surface area contributed by atoms with Crippen LogP contribution in [0.2, 0.25) is 0 Å². The van der Waals surface area contributed by atoms with Crippen LogP contribution in [0.15, 0.2) is 22.9 Å². The van der Waals surface area contributed by atoms with E-state index in [0.29, 0.717) is 10.9 Å². The lowest BCUT2D eigenvalue weighted by atomic mass is 9.99. The van der Waals surface area contributed by atoms with Crippen LogP contribution in [0, 0.1) is 5.92 Å². The summed E-state index contributed by atoms with van der Waals surface area (Å²) >= 11 is 3.19. The summed E-state index contributed by atoms with van der Waals surface area (Å²) in [5, 5.41) is 2.52. The van der Waals surface area contributed by atoms with Crippen molar-refractivity contribution in [3.8, 4) is 0 Å². The minimum Gasteiger partial charge on any atom is -0.467 e. The minimum absolute atomic E-state index is 0.101. The number of esters is 2. The molecule has 8 heteroatoms. The van der Waals surface area contributed by atoms with E-state index in [2.05, 4.69) is 31.0 Å². The molecule has 0 aliphatic heterocycles. The number of nitrogens with zero attached hydrogens (tertiary/aromatic N) is 1. The van der Waals surface area contributed by atoms with Crippen molar-refractivity contribution < 1.29 is 23.9 Å². The Kier molecular flexibility index (Phi) is 7.67. The van der Waals surface area contributed by atoms with Gasteiger partial charge in [-0.1, -0.05) is 20.3 Å². The molecule has 2 atom stereocenters. The first-order valence-corrected chi connectivity index (χ1v) is 7.83. The topological polar surface area (TPSA) is 94.6 Å². The van der Waals surface area contributed by atoms with Crippen LogP contribution in [0.25, 0.3) is 0 Å². The number of ether oxygens (including phenoxy) is 2. The Morgan fingerprint density at radius 1 is 1.35 bits per heavy atom. The molecule has 1 N–H and O–H groups in total. The molecule has 0 aliphatic rings. The second-order valence-electron chi connectivity index (χ2n) is 4.92. The van der Waals surface area contributed by atoms with Gasteiger partial charge in [0.05, 0.1) is 12.7 Å². The molecule has 0 bridgehead atoms. The Morgan fingerprint density at radius 3 is 2.61 bits per heavy atom. The lowest BCUT2D eigenvalue weighted by Gasteiger charge is -2.21. The predicted octanol–water partition coefficient (Wildman–Crippen LogP) is 1.70. The molecule has 1 aromatic heterocycles. The summed E-state index contributed by atoms with van der Waals surface area (Å²) in [4.78, 5) is 39.2. The van der Waals surface area contributed by atoms with Gasteiger partial charge >= 0.3 is 11.9 Å². The average Bonchev–Trinajstić information content (AvgIpc) is 2.56. The van der Waals surface area contributed by atoms with E-state index < -0.39 is 30.5 Å². The summed E-state index contributed by atoms with van der Waals surface area (Å²) in [5.74, 6) is -1.88. The van der Waals surface area contributed by atoms with Gasteiger partial charge < -0.3 is 14.8 Å². The van der Waals surface area contributed by atoms with Crippen molar-refractivity contribution in [2.75, 3.05) is 13.7 Å². The molecule has 0 saturated carbocycles. The van der Waals surface area contributed by atoms with Crippen molar-refractivity contribution in [1.29, 1.82) is 0 Å². The maximum Gasteiger partial charge on any atom is 0.340 e. The largest absolute Gasteiger partial charge is 0.467 e. The normalized spacial score (nSPS) is 12.9. The second-order valence-corrected chi connectivity index (χ2v) is 5.84. The van der Waals surface area contributed by atoms with E-state index in [-0.39, 0.29) is 11.5 Å². The number of hydrogen-bond acceptors (Lipinski definition) is 6. The van der Waals surface area contributed by atoms with Gasteiger partial charge in [0.25, 0.3) is 5.91 Å². The van der Waals surface area contributed by atoms with Crippen LogP contribution in [-0.4, -0.2) is 42.6 Å². The maximum atomic E-state index is 11.9. The van der Waals surface area contributed by atoms with Crippen molar-refractivity contribution in [3.63, 3.8) is 0 Å². The van der Waals surface area contributed by atoms with Crippen LogP contribution in [0.4, 0.5) is 0 Å². The van der Waals surface area contributed by atoms with E-state index in [1.165, 1.54) is 25.6 Å². The Bertz CT molecular complexity index is 579. The summed E-state index contributed by atoms with van der Waals surface area (Å²) in [5.41, 5.74) is 0.221. The molecule has 1 aromatic rings. The van der Waals surface area contributed by atoms with Gasteiger partial charge in [0.1, 0.15) is 6.04 Å². The number of aromatic nitrogens is 1. The van der Waals surface area contributed by atoms with Gasteiger partial charge in [0.2, 0.25) is 0 Å². The van der Waals surface area contributed by atoms with Crippen LogP contribution >= 0.6 is 15.9 Å². The second kappa shape index (κ2) is 9.24. The van der Waals surface area contributed by atoms with E-state index >= 15 is 0 Å². The Balaban J connectivity index is 2.58. The molecule has 0 radical (unpaired) electrons. The fourth-order valence-corrected chi connectivity index (χ4v) is 2.11. The van der Waals surface area contributed by atoms with Crippen molar-refractivity contribution in [2.45, 2.75) is 26.3 Å². The van der Waals surface area contributed by atoms with Crippen LogP contribution in [-0.2, 0) is 19.1 Å². The number of nitrogens with one attached hydrogen (secondary N) is 1. The van der Waals surface area contributed by atoms with Crippen molar-refractivity contribution in [3.05, 3.63) is 28.5 Å². The molecule has 0 aromatic carbocycles. The standard InChI is InChI=1S/C15H19BrN2O5/c1-4-9(2)13(15(21)22-3)18-12(19)8-23-14(20)10-5-11(16)7-17-6-10/h5-7,9,13H,4,8H2,1-3H3,(H,18,19)/t9-,13+/m1/s1. The predicted molar refractivity (Wildman–Crippen MR) is 85.6 cm³/mol. The molecule has 126 valence electrons. The Morgan fingerprint density at radius 2 is 2.04 bits per heavy atom. The number of carbonyl (C=O) groups excluding carboxylic acids is 3. The number of amides is 1. The van der Waals surface area contributed by atoms with E-state index in [9.17, 15) is 14.4 Å². The van der Waals surface area contributed by atoms with Crippen LogP contribution in [0.3, 0.4) is 0 Å². The highest BCUT2D eigenvalue weighted by atomic mass is 79.9. The fraction of sp³-hybridized carbons (Fsp3) is 0.467.